The predicted octanol–water partition coefficient (Wildman–Crippen LogP) is 3.20. The van der Waals surface area contributed by atoms with Crippen molar-refractivity contribution >= 4 is 11.6 Å². The van der Waals surface area contributed by atoms with E-state index in [1.165, 1.54) is 0 Å². The van der Waals surface area contributed by atoms with Crippen LogP contribution in [0.5, 0.6) is 11.5 Å². The maximum Gasteiger partial charge on any atom is 0.195 e. The molecule has 2 N–H and O–H groups in total. The highest BCUT2D eigenvalue weighted by Crippen LogP contribution is 2.30. The van der Waals surface area contributed by atoms with E-state index in [-0.39, 0.29) is 0 Å². The summed E-state index contributed by atoms with van der Waals surface area (Å²) in [7, 11) is 1.64. The third-order valence-electron chi connectivity index (χ3n) is 3.86. The van der Waals surface area contributed by atoms with Crippen LogP contribution in [0, 0.1) is 0 Å². The Hall–Kier alpha value is -1.95. The molecule has 1 rings (SSSR count). The third-order valence-corrected chi connectivity index (χ3v) is 3.86. The molecule has 0 aliphatic carbocycles. The second-order valence-corrected chi connectivity index (χ2v) is 5.91. The first-order chi connectivity index (χ1) is 12.0. The number of anilines is 1. The Balaban J connectivity index is 2.79. The fraction of sp³-hybridized carbons (Fsp3) is 0.632. The molecule has 0 aromatic heterocycles. The van der Waals surface area contributed by atoms with Gasteiger partial charge in [-0.25, -0.2) is 0 Å². The lowest BCUT2D eigenvalue weighted by molar-refractivity contribution is 0.241. The first-order valence-corrected chi connectivity index (χ1v) is 9.15. The minimum Gasteiger partial charge on any atom is -0.493 e. The van der Waals surface area contributed by atoms with Crippen LogP contribution in [-0.2, 0) is 0 Å². The maximum absolute atomic E-state index is 5.63. The van der Waals surface area contributed by atoms with Gasteiger partial charge in [-0.05, 0) is 46.4 Å². The third kappa shape index (κ3) is 7.22. The monoisotopic (exact) mass is 350 g/mol. The number of methoxy groups -OCH3 is 1. The topological polar surface area (TPSA) is 58.1 Å². The van der Waals surface area contributed by atoms with Crippen molar-refractivity contribution in [2.75, 3.05) is 45.2 Å². The van der Waals surface area contributed by atoms with Crippen molar-refractivity contribution in [3.05, 3.63) is 18.2 Å². The lowest BCUT2D eigenvalue weighted by Crippen LogP contribution is -2.35. The van der Waals surface area contributed by atoms with Gasteiger partial charge in [-0.15, -0.1) is 0 Å². The summed E-state index contributed by atoms with van der Waals surface area (Å²) in [5.74, 6) is 2.22. The van der Waals surface area contributed by atoms with Gasteiger partial charge in [0, 0.05) is 30.9 Å². The number of likely N-dealkylation sites (N-methyl/N-ethyl adjacent to an activating group) is 1. The quantitative estimate of drug-likeness (QED) is 0.501. The van der Waals surface area contributed by atoms with Crippen LogP contribution in [0.4, 0.5) is 5.69 Å². The molecule has 1 aromatic carbocycles. The number of ether oxygens (including phenoxy) is 2. The van der Waals surface area contributed by atoms with Crippen LogP contribution in [0.3, 0.4) is 0 Å². The van der Waals surface area contributed by atoms with Crippen molar-refractivity contribution in [2.24, 2.45) is 4.99 Å². The molecule has 142 valence electrons. The molecule has 0 saturated heterocycles. The standard InChI is InChI=1S/C19H34N4O2/c1-7-20-19(21-12-13-23(8-2)15(4)5)22-16-10-11-17(24-6)18(14-16)25-9-3/h10-11,14-15H,7-9,12-13H2,1-6H3,(H2,20,21,22). The van der Waals surface area contributed by atoms with Gasteiger partial charge in [0.15, 0.2) is 17.5 Å². The Kier molecular flexibility index (Phi) is 9.77. The molecule has 0 unspecified atom stereocenters. The average molecular weight is 351 g/mol. The normalized spacial score (nSPS) is 11.8. The van der Waals surface area contributed by atoms with Gasteiger partial charge in [-0.3, -0.25) is 9.89 Å². The SMILES string of the molecule is CCNC(=NCCN(CC)C(C)C)Nc1ccc(OC)c(OCC)c1. The molecule has 0 heterocycles. The molecule has 6 heteroatoms. The second kappa shape index (κ2) is 11.6. The summed E-state index contributed by atoms with van der Waals surface area (Å²) in [6, 6.07) is 6.32. The maximum atomic E-state index is 5.63. The lowest BCUT2D eigenvalue weighted by atomic mass is 10.2. The molecule has 0 radical (unpaired) electrons. The summed E-state index contributed by atoms with van der Waals surface area (Å²) in [6.07, 6.45) is 0. The van der Waals surface area contributed by atoms with Crippen molar-refractivity contribution < 1.29 is 9.47 Å². The number of rotatable bonds is 10. The van der Waals surface area contributed by atoms with Gasteiger partial charge in [0.1, 0.15) is 0 Å². The number of aliphatic imine (C=N–C) groups is 1. The van der Waals surface area contributed by atoms with Crippen LogP contribution in [0.25, 0.3) is 0 Å². The highest BCUT2D eigenvalue weighted by Gasteiger charge is 2.08. The van der Waals surface area contributed by atoms with Crippen LogP contribution < -0.4 is 20.1 Å². The highest BCUT2D eigenvalue weighted by atomic mass is 16.5. The summed E-state index contributed by atoms with van der Waals surface area (Å²) >= 11 is 0. The number of hydrogen-bond donors (Lipinski definition) is 2. The molecule has 0 aliphatic rings. The Labute approximate surface area is 152 Å². The van der Waals surface area contributed by atoms with E-state index in [1.807, 2.05) is 25.1 Å². The zero-order valence-corrected chi connectivity index (χ0v) is 16.6. The molecule has 6 nitrogen and oxygen atoms in total. The van der Waals surface area contributed by atoms with Crippen LogP contribution >= 0.6 is 0 Å². The van der Waals surface area contributed by atoms with Gasteiger partial charge < -0.3 is 20.1 Å². The summed E-state index contributed by atoms with van der Waals surface area (Å²) in [6.45, 7) is 14.7. The smallest absolute Gasteiger partial charge is 0.195 e. The van der Waals surface area contributed by atoms with Crippen molar-refractivity contribution in [3.63, 3.8) is 0 Å². The van der Waals surface area contributed by atoms with Crippen LogP contribution in [-0.4, -0.2) is 56.8 Å². The van der Waals surface area contributed by atoms with Crippen molar-refractivity contribution in [1.82, 2.24) is 10.2 Å². The Morgan fingerprint density at radius 1 is 1.20 bits per heavy atom. The summed E-state index contributed by atoms with van der Waals surface area (Å²) < 4.78 is 11.0. The summed E-state index contributed by atoms with van der Waals surface area (Å²) in [4.78, 5) is 7.07. The molecule has 0 bridgehead atoms. The average Bonchev–Trinajstić information content (AvgIpc) is 2.59. The first-order valence-electron chi connectivity index (χ1n) is 9.15. The van der Waals surface area contributed by atoms with Crippen molar-refractivity contribution in [2.45, 2.75) is 40.7 Å². The van der Waals surface area contributed by atoms with Crippen LogP contribution in [0.2, 0.25) is 0 Å². The van der Waals surface area contributed by atoms with Gasteiger partial charge in [-0.1, -0.05) is 6.92 Å². The van der Waals surface area contributed by atoms with Gasteiger partial charge in [0.2, 0.25) is 0 Å². The highest BCUT2D eigenvalue weighted by molar-refractivity contribution is 5.93. The molecule has 0 saturated carbocycles. The van der Waals surface area contributed by atoms with E-state index in [0.29, 0.717) is 12.6 Å². The van der Waals surface area contributed by atoms with E-state index in [0.717, 1.165) is 49.3 Å². The van der Waals surface area contributed by atoms with E-state index in [4.69, 9.17) is 9.47 Å². The zero-order valence-electron chi connectivity index (χ0n) is 16.6. The molecule has 0 aliphatic heterocycles. The summed E-state index contributed by atoms with van der Waals surface area (Å²) in [5.41, 5.74) is 0.917. The Morgan fingerprint density at radius 2 is 1.96 bits per heavy atom. The molecule has 25 heavy (non-hydrogen) atoms. The molecule has 1 aromatic rings. The van der Waals surface area contributed by atoms with Gasteiger partial charge in [0.25, 0.3) is 0 Å². The Bertz CT molecular complexity index is 532. The summed E-state index contributed by atoms with van der Waals surface area (Å²) in [5, 5.41) is 6.62. The molecule has 0 fully saturated rings. The zero-order chi connectivity index (χ0) is 18.7. The number of nitrogens with zero attached hydrogens (tertiary/aromatic N) is 2. The molecule has 0 spiro atoms. The fourth-order valence-corrected chi connectivity index (χ4v) is 2.54. The predicted molar refractivity (Wildman–Crippen MR) is 106 cm³/mol. The number of nitrogens with one attached hydrogen (secondary N) is 2. The van der Waals surface area contributed by atoms with Crippen LogP contribution in [0.1, 0.15) is 34.6 Å². The largest absolute Gasteiger partial charge is 0.493 e. The van der Waals surface area contributed by atoms with E-state index in [1.54, 1.807) is 7.11 Å². The second-order valence-electron chi connectivity index (χ2n) is 5.91. The van der Waals surface area contributed by atoms with E-state index < -0.39 is 0 Å². The van der Waals surface area contributed by atoms with Gasteiger partial charge in [-0.2, -0.15) is 0 Å². The molecular formula is C19H34N4O2. The molecule has 0 amide bonds. The van der Waals surface area contributed by atoms with E-state index >= 15 is 0 Å². The number of hydrogen-bond acceptors (Lipinski definition) is 4. The van der Waals surface area contributed by atoms with E-state index in [2.05, 4.69) is 48.2 Å². The van der Waals surface area contributed by atoms with Crippen LogP contribution in [0.15, 0.2) is 23.2 Å². The van der Waals surface area contributed by atoms with E-state index in [9.17, 15) is 0 Å². The minimum atomic E-state index is 0.533. The first kappa shape index (κ1) is 21.1. The van der Waals surface area contributed by atoms with Crippen molar-refractivity contribution in [1.29, 1.82) is 0 Å². The van der Waals surface area contributed by atoms with Gasteiger partial charge in [0.05, 0.1) is 20.3 Å². The number of guanidine groups is 1. The molecule has 0 atom stereocenters. The fourth-order valence-electron chi connectivity index (χ4n) is 2.54. The van der Waals surface area contributed by atoms with Crippen molar-refractivity contribution in [3.8, 4) is 11.5 Å². The number of benzene rings is 1. The lowest BCUT2D eigenvalue weighted by Gasteiger charge is -2.23. The molecular weight excluding hydrogens is 316 g/mol. The minimum absolute atomic E-state index is 0.533. The van der Waals surface area contributed by atoms with Gasteiger partial charge >= 0.3 is 0 Å². The Morgan fingerprint density at radius 3 is 2.52 bits per heavy atom.